The van der Waals surface area contributed by atoms with Crippen molar-refractivity contribution < 1.29 is 22.4 Å². The predicted octanol–water partition coefficient (Wildman–Crippen LogP) is 4.97. The maximum atomic E-state index is 12.4. The van der Waals surface area contributed by atoms with Gasteiger partial charge in [-0.25, -0.2) is 18.4 Å². The summed E-state index contributed by atoms with van der Waals surface area (Å²) >= 11 is 1.42. The van der Waals surface area contributed by atoms with Gasteiger partial charge in [0.25, 0.3) is 5.19 Å². The lowest BCUT2D eigenvalue weighted by molar-refractivity contribution is 0.131. The van der Waals surface area contributed by atoms with Crippen LogP contribution in [-0.4, -0.2) is 67.2 Å². The fourth-order valence-corrected chi connectivity index (χ4v) is 6.60. The molecule has 0 bridgehead atoms. The number of ether oxygens (including phenoxy) is 2. The van der Waals surface area contributed by atoms with Crippen molar-refractivity contribution in [1.82, 2.24) is 20.1 Å². The van der Waals surface area contributed by atoms with Crippen LogP contribution in [0.5, 0.6) is 5.19 Å². The van der Waals surface area contributed by atoms with Crippen molar-refractivity contribution in [1.29, 1.82) is 0 Å². The van der Waals surface area contributed by atoms with Crippen LogP contribution in [-0.2, 0) is 14.6 Å². The van der Waals surface area contributed by atoms with Crippen LogP contribution in [0.3, 0.4) is 0 Å². The fraction of sp³-hybridized carbons (Fsp3) is 0.481. The lowest BCUT2D eigenvalue weighted by atomic mass is 9.92. The molecule has 1 aromatic carbocycles. The second kappa shape index (κ2) is 11.6. The molecule has 10 nitrogen and oxygen atoms in total. The minimum absolute atomic E-state index is 0.00805. The summed E-state index contributed by atoms with van der Waals surface area (Å²) in [5.41, 5.74) is 2.36. The van der Waals surface area contributed by atoms with E-state index in [2.05, 4.69) is 40.8 Å². The fourth-order valence-electron chi connectivity index (χ4n) is 4.56. The van der Waals surface area contributed by atoms with Crippen molar-refractivity contribution in [2.75, 3.05) is 37.5 Å². The van der Waals surface area contributed by atoms with Crippen molar-refractivity contribution in [3.8, 4) is 16.5 Å². The summed E-state index contributed by atoms with van der Waals surface area (Å²) in [4.78, 5) is 17.1. The topological polar surface area (TPSA) is 121 Å². The molecule has 0 saturated carbocycles. The summed E-state index contributed by atoms with van der Waals surface area (Å²) in [6.45, 7) is 8.04. The maximum Gasteiger partial charge on any atom is 0.324 e. The number of anilines is 1. The van der Waals surface area contributed by atoms with Gasteiger partial charge in [-0.2, -0.15) is 4.98 Å². The quantitative estimate of drug-likeness (QED) is 0.258. The molecule has 0 spiro atoms. The molecule has 1 aliphatic heterocycles. The normalized spacial score (nSPS) is 15.8. The Morgan fingerprint density at radius 3 is 2.46 bits per heavy atom. The molecule has 0 radical (unpaired) electrons. The minimum atomic E-state index is -3.38. The third-order valence-electron chi connectivity index (χ3n) is 7.01. The van der Waals surface area contributed by atoms with Gasteiger partial charge in [-0.3, -0.25) is 0 Å². The number of aromatic nitrogens is 4. The number of pyridine rings is 1. The SMILES string of the molecule is COCCS(=O)(=O)c1ccc(-c2ccc3nc(OC(C)C4CCN(c5nc(C(C)C)no5)CC4)sc3n2)cc1. The number of hydrogen-bond donors (Lipinski definition) is 0. The number of rotatable bonds is 10. The van der Waals surface area contributed by atoms with E-state index < -0.39 is 9.84 Å². The lowest BCUT2D eigenvalue weighted by Crippen LogP contribution is -2.38. The Labute approximate surface area is 232 Å². The highest BCUT2D eigenvalue weighted by Crippen LogP contribution is 2.32. The zero-order valence-electron chi connectivity index (χ0n) is 22.5. The Morgan fingerprint density at radius 1 is 1.05 bits per heavy atom. The first kappa shape index (κ1) is 27.5. The number of nitrogens with zero attached hydrogens (tertiary/aromatic N) is 5. The van der Waals surface area contributed by atoms with Crippen molar-refractivity contribution >= 4 is 37.5 Å². The van der Waals surface area contributed by atoms with E-state index in [1.54, 1.807) is 24.3 Å². The molecule has 1 atom stereocenters. The Balaban J connectivity index is 1.21. The van der Waals surface area contributed by atoms with Gasteiger partial charge < -0.3 is 18.9 Å². The Hall–Kier alpha value is -3.09. The molecular weight excluding hydrogens is 538 g/mol. The van der Waals surface area contributed by atoms with Gasteiger partial charge in [0, 0.05) is 31.7 Å². The summed E-state index contributed by atoms with van der Waals surface area (Å²) in [7, 11) is -1.89. The lowest BCUT2D eigenvalue weighted by Gasteiger charge is -2.33. The number of benzene rings is 1. The molecule has 0 aliphatic carbocycles. The zero-order valence-corrected chi connectivity index (χ0v) is 24.2. The van der Waals surface area contributed by atoms with Crippen molar-refractivity contribution in [2.24, 2.45) is 5.92 Å². The third kappa shape index (κ3) is 6.23. The summed E-state index contributed by atoms with van der Waals surface area (Å²) in [6, 6.07) is 11.2. The van der Waals surface area contributed by atoms with E-state index in [0.29, 0.717) is 17.1 Å². The number of thiazole rings is 1. The predicted molar refractivity (Wildman–Crippen MR) is 150 cm³/mol. The number of sulfone groups is 1. The first-order chi connectivity index (χ1) is 18.7. The van der Waals surface area contributed by atoms with Gasteiger partial charge in [0.15, 0.2) is 15.7 Å². The zero-order chi connectivity index (χ0) is 27.6. The third-order valence-corrected chi connectivity index (χ3v) is 9.56. The van der Waals surface area contributed by atoms with Crippen molar-refractivity contribution in [3.63, 3.8) is 0 Å². The molecule has 0 amide bonds. The van der Waals surface area contributed by atoms with E-state index >= 15 is 0 Å². The van der Waals surface area contributed by atoms with Gasteiger partial charge in [0.2, 0.25) is 0 Å². The highest BCUT2D eigenvalue weighted by atomic mass is 32.2. The highest BCUT2D eigenvalue weighted by Gasteiger charge is 2.28. The minimum Gasteiger partial charge on any atom is -0.467 e. The summed E-state index contributed by atoms with van der Waals surface area (Å²) < 4.78 is 41.4. The molecule has 1 aliphatic rings. The molecule has 1 saturated heterocycles. The summed E-state index contributed by atoms with van der Waals surface area (Å²) in [5.74, 6) is 1.32. The van der Waals surface area contributed by atoms with E-state index in [-0.39, 0.29) is 29.3 Å². The van der Waals surface area contributed by atoms with Gasteiger partial charge in [0.1, 0.15) is 16.5 Å². The number of methoxy groups -OCH3 is 1. The number of piperidine rings is 1. The van der Waals surface area contributed by atoms with Crippen LogP contribution >= 0.6 is 11.3 Å². The molecule has 4 aromatic rings. The standard InChI is InChI=1S/C27H33N5O5S2/c1-17(2)24-30-26(37-31-24)32-13-11-19(12-14-32)18(3)36-27-29-23-10-9-22(28-25(23)38-27)20-5-7-21(8-6-20)39(33,34)16-15-35-4/h5-10,17-19H,11-16H2,1-4H3. The van der Waals surface area contributed by atoms with E-state index in [9.17, 15) is 8.42 Å². The average molecular weight is 572 g/mol. The maximum absolute atomic E-state index is 12.4. The molecule has 4 heterocycles. The molecule has 39 heavy (non-hydrogen) atoms. The van der Waals surface area contributed by atoms with Crippen molar-refractivity contribution in [2.45, 2.75) is 50.5 Å². The Bertz CT molecular complexity index is 1510. The van der Waals surface area contributed by atoms with Crippen LogP contribution in [0.2, 0.25) is 0 Å². The highest BCUT2D eigenvalue weighted by molar-refractivity contribution is 7.91. The molecule has 0 N–H and O–H groups in total. The van der Waals surface area contributed by atoms with Gasteiger partial charge in [-0.15, -0.1) is 0 Å². The van der Waals surface area contributed by atoms with Crippen LogP contribution in [0.1, 0.15) is 45.4 Å². The second-order valence-electron chi connectivity index (χ2n) is 10.1. The van der Waals surface area contributed by atoms with E-state index in [1.165, 1.54) is 18.4 Å². The van der Waals surface area contributed by atoms with Gasteiger partial charge in [0.05, 0.1) is 22.9 Å². The van der Waals surface area contributed by atoms with Crippen LogP contribution in [0.25, 0.3) is 21.6 Å². The summed E-state index contributed by atoms with van der Waals surface area (Å²) in [5, 5.41) is 4.68. The molecule has 3 aromatic heterocycles. The van der Waals surface area contributed by atoms with Crippen LogP contribution in [0, 0.1) is 5.92 Å². The van der Waals surface area contributed by atoms with Crippen LogP contribution < -0.4 is 9.64 Å². The molecule has 1 fully saturated rings. The van der Waals surface area contributed by atoms with Crippen molar-refractivity contribution in [3.05, 3.63) is 42.2 Å². The first-order valence-electron chi connectivity index (χ1n) is 13.1. The molecule has 208 valence electrons. The van der Waals surface area contributed by atoms with Gasteiger partial charge >= 0.3 is 6.01 Å². The molecule has 5 rings (SSSR count). The molecule has 12 heteroatoms. The molecular formula is C27H33N5O5S2. The van der Waals surface area contributed by atoms with Gasteiger partial charge in [-0.1, -0.05) is 42.5 Å². The average Bonchev–Trinajstić information content (AvgIpc) is 3.59. The largest absolute Gasteiger partial charge is 0.467 e. The van der Waals surface area contributed by atoms with Crippen LogP contribution in [0.4, 0.5) is 6.01 Å². The Kier molecular flexibility index (Phi) is 8.15. The smallest absolute Gasteiger partial charge is 0.324 e. The monoisotopic (exact) mass is 571 g/mol. The number of hydrogen-bond acceptors (Lipinski definition) is 11. The molecule has 1 unspecified atom stereocenters. The van der Waals surface area contributed by atoms with E-state index in [4.69, 9.17) is 19.0 Å². The second-order valence-corrected chi connectivity index (χ2v) is 13.1. The number of fused-ring (bicyclic) bond motifs is 1. The first-order valence-corrected chi connectivity index (χ1v) is 15.6. The van der Waals surface area contributed by atoms with E-state index in [1.807, 2.05) is 12.1 Å². The van der Waals surface area contributed by atoms with Gasteiger partial charge in [-0.05, 0) is 49.9 Å². The Morgan fingerprint density at radius 2 is 1.79 bits per heavy atom. The van der Waals surface area contributed by atoms with E-state index in [0.717, 1.165) is 53.4 Å². The summed E-state index contributed by atoms with van der Waals surface area (Å²) in [6.07, 6.45) is 1.93. The van der Waals surface area contributed by atoms with Crippen LogP contribution in [0.15, 0.2) is 45.8 Å².